The second-order valence-electron chi connectivity index (χ2n) is 2.84. The molecule has 0 aliphatic heterocycles. The van der Waals surface area contributed by atoms with E-state index in [4.69, 9.17) is 0 Å². The third-order valence-electron chi connectivity index (χ3n) is 1.22. The fourth-order valence-corrected chi connectivity index (χ4v) is 0.804. The summed E-state index contributed by atoms with van der Waals surface area (Å²) >= 11 is 0. The number of hydrogen-bond acceptors (Lipinski definition) is 2. The normalized spacial score (nSPS) is 11.0. The number of rotatable bonds is 4. The minimum atomic E-state index is -0.128. The Bertz CT molecular complexity index is 91.1. The van der Waals surface area contributed by atoms with E-state index in [2.05, 4.69) is 17.6 Å². The molecule has 0 rings (SSSR count). The van der Waals surface area contributed by atoms with Gasteiger partial charge in [-0.2, -0.15) is 0 Å². The lowest BCUT2D eigenvalue weighted by Crippen LogP contribution is -2.34. The maximum atomic E-state index is 9.73. The van der Waals surface area contributed by atoms with Crippen molar-refractivity contribution >= 4 is 0 Å². The van der Waals surface area contributed by atoms with Gasteiger partial charge in [-0.05, 0) is 20.3 Å². The van der Waals surface area contributed by atoms with Crippen molar-refractivity contribution in [1.29, 1.82) is 0 Å². The first-order chi connectivity index (χ1) is 4.12. The van der Waals surface area contributed by atoms with Gasteiger partial charge in [0.25, 0.3) is 0 Å². The summed E-state index contributed by atoms with van der Waals surface area (Å²) in [6.07, 6.45) is 2.04. The van der Waals surface area contributed by atoms with Crippen LogP contribution < -0.4 is 5.43 Å². The van der Waals surface area contributed by atoms with E-state index in [9.17, 15) is 4.91 Å². The number of nitroso groups, excluding NO2 is 1. The average Bonchev–Trinajstić information content (AvgIpc) is 1.64. The smallest absolute Gasteiger partial charge is 0.0524 e. The number of nitrogens with one attached hydrogen (secondary N) is 1. The molecular weight excluding hydrogens is 116 g/mol. The molecule has 0 aromatic carbocycles. The van der Waals surface area contributed by atoms with Crippen LogP contribution in [0.2, 0.25) is 0 Å². The van der Waals surface area contributed by atoms with Gasteiger partial charge in [0.2, 0.25) is 0 Å². The van der Waals surface area contributed by atoms with Gasteiger partial charge in [-0.25, -0.2) is 0 Å². The van der Waals surface area contributed by atoms with Crippen molar-refractivity contribution in [2.45, 2.75) is 39.2 Å². The van der Waals surface area contributed by atoms with Crippen molar-refractivity contribution in [3.05, 3.63) is 4.91 Å². The summed E-state index contributed by atoms with van der Waals surface area (Å²) in [4.78, 5) is 9.73. The molecule has 54 valence electrons. The van der Waals surface area contributed by atoms with Crippen molar-refractivity contribution < 1.29 is 0 Å². The van der Waals surface area contributed by atoms with E-state index in [1.54, 1.807) is 0 Å². The van der Waals surface area contributed by atoms with E-state index in [0.29, 0.717) is 0 Å². The Morgan fingerprint density at radius 1 is 1.56 bits per heavy atom. The maximum absolute atomic E-state index is 9.73. The average molecular weight is 130 g/mol. The highest BCUT2D eigenvalue weighted by atomic mass is 16.3. The van der Waals surface area contributed by atoms with Gasteiger partial charge in [0.15, 0.2) is 0 Å². The van der Waals surface area contributed by atoms with Crippen molar-refractivity contribution in [2.75, 3.05) is 0 Å². The first-order valence-corrected chi connectivity index (χ1v) is 3.22. The van der Waals surface area contributed by atoms with Crippen LogP contribution in [0.4, 0.5) is 0 Å². The predicted molar refractivity (Wildman–Crippen MR) is 37.9 cm³/mol. The molecule has 0 heterocycles. The fourth-order valence-electron chi connectivity index (χ4n) is 0.804. The van der Waals surface area contributed by atoms with E-state index in [1.807, 2.05) is 13.8 Å². The molecule has 0 radical (unpaired) electrons. The molecule has 0 fully saturated rings. The molecule has 0 aromatic heterocycles. The molecule has 0 saturated heterocycles. The molecular formula is C6H14N2O. The SMILES string of the molecule is CCCC(C)(C)NN=O. The fraction of sp³-hybridized carbons (Fsp3) is 1.00. The summed E-state index contributed by atoms with van der Waals surface area (Å²) < 4.78 is 0. The standard InChI is InChI=1S/C6H14N2O/c1-4-5-6(2,3)7-8-9/h4-5H2,1-3H3,(H,7,9). The second-order valence-corrected chi connectivity index (χ2v) is 2.84. The van der Waals surface area contributed by atoms with Gasteiger partial charge in [-0.1, -0.05) is 13.3 Å². The van der Waals surface area contributed by atoms with Crippen LogP contribution in [0.25, 0.3) is 0 Å². The van der Waals surface area contributed by atoms with Crippen LogP contribution in [-0.2, 0) is 0 Å². The zero-order chi connectivity index (χ0) is 7.33. The minimum absolute atomic E-state index is 0.128. The Kier molecular flexibility index (Phi) is 3.20. The Morgan fingerprint density at radius 3 is 2.44 bits per heavy atom. The van der Waals surface area contributed by atoms with Gasteiger partial charge >= 0.3 is 0 Å². The Labute approximate surface area is 55.8 Å². The molecule has 0 aliphatic carbocycles. The highest BCUT2D eigenvalue weighted by Crippen LogP contribution is 2.09. The first-order valence-electron chi connectivity index (χ1n) is 3.22. The van der Waals surface area contributed by atoms with Crippen LogP contribution in [0.1, 0.15) is 33.6 Å². The molecule has 0 saturated carbocycles. The monoisotopic (exact) mass is 130 g/mol. The quantitative estimate of drug-likeness (QED) is 0.466. The van der Waals surface area contributed by atoms with Gasteiger partial charge in [0, 0.05) is 0 Å². The van der Waals surface area contributed by atoms with Gasteiger partial charge in [0.1, 0.15) is 0 Å². The van der Waals surface area contributed by atoms with Crippen LogP contribution in [0.5, 0.6) is 0 Å². The molecule has 3 nitrogen and oxygen atoms in total. The van der Waals surface area contributed by atoms with Crippen LogP contribution >= 0.6 is 0 Å². The summed E-state index contributed by atoms with van der Waals surface area (Å²) in [5, 5.41) is 2.63. The van der Waals surface area contributed by atoms with Crippen LogP contribution in [-0.4, -0.2) is 5.54 Å². The topological polar surface area (TPSA) is 41.5 Å². The maximum Gasteiger partial charge on any atom is 0.0524 e. The lowest BCUT2D eigenvalue weighted by atomic mass is 10.0. The molecule has 0 spiro atoms. The summed E-state index contributed by atoms with van der Waals surface area (Å²) in [6.45, 7) is 5.99. The molecule has 0 atom stereocenters. The Hall–Kier alpha value is -0.600. The Balaban J connectivity index is 3.55. The number of nitrogens with zero attached hydrogens (tertiary/aromatic N) is 1. The van der Waals surface area contributed by atoms with E-state index >= 15 is 0 Å². The van der Waals surface area contributed by atoms with Crippen LogP contribution in [0, 0.1) is 4.91 Å². The molecule has 0 unspecified atom stereocenters. The van der Waals surface area contributed by atoms with Crippen molar-refractivity contribution in [1.82, 2.24) is 5.43 Å². The lowest BCUT2D eigenvalue weighted by Gasteiger charge is -2.20. The zero-order valence-corrected chi connectivity index (χ0v) is 6.27. The van der Waals surface area contributed by atoms with E-state index < -0.39 is 0 Å². The third kappa shape index (κ3) is 3.94. The molecule has 0 aliphatic rings. The highest BCUT2D eigenvalue weighted by molar-refractivity contribution is 4.73. The zero-order valence-electron chi connectivity index (χ0n) is 6.27. The summed E-state index contributed by atoms with van der Waals surface area (Å²) in [5.41, 5.74) is 2.36. The molecule has 3 heteroatoms. The van der Waals surface area contributed by atoms with Gasteiger partial charge in [-0.15, -0.1) is 4.91 Å². The van der Waals surface area contributed by atoms with Gasteiger partial charge in [0.05, 0.1) is 10.8 Å². The largest absolute Gasteiger partial charge is 0.268 e. The lowest BCUT2D eigenvalue weighted by molar-refractivity contribution is 0.366. The third-order valence-corrected chi connectivity index (χ3v) is 1.22. The molecule has 9 heavy (non-hydrogen) atoms. The van der Waals surface area contributed by atoms with Gasteiger partial charge in [-0.3, -0.25) is 5.43 Å². The summed E-state index contributed by atoms with van der Waals surface area (Å²) in [5.74, 6) is 0. The van der Waals surface area contributed by atoms with Crippen LogP contribution in [0.15, 0.2) is 5.29 Å². The minimum Gasteiger partial charge on any atom is -0.268 e. The molecule has 0 bridgehead atoms. The van der Waals surface area contributed by atoms with E-state index in [-0.39, 0.29) is 5.54 Å². The second kappa shape index (κ2) is 3.43. The van der Waals surface area contributed by atoms with Crippen molar-refractivity contribution in [3.8, 4) is 0 Å². The highest BCUT2D eigenvalue weighted by Gasteiger charge is 2.14. The molecule has 0 aromatic rings. The van der Waals surface area contributed by atoms with Crippen molar-refractivity contribution in [2.24, 2.45) is 5.29 Å². The summed E-state index contributed by atoms with van der Waals surface area (Å²) in [7, 11) is 0. The van der Waals surface area contributed by atoms with E-state index in [1.165, 1.54) is 0 Å². The van der Waals surface area contributed by atoms with E-state index in [0.717, 1.165) is 12.8 Å². The molecule has 1 N–H and O–H groups in total. The predicted octanol–water partition coefficient (Wildman–Crippen LogP) is 1.84. The Morgan fingerprint density at radius 2 is 2.11 bits per heavy atom. The number of hydrogen-bond donors (Lipinski definition) is 1. The van der Waals surface area contributed by atoms with Crippen LogP contribution in [0.3, 0.4) is 0 Å². The summed E-state index contributed by atoms with van der Waals surface area (Å²) in [6, 6.07) is 0. The first kappa shape index (κ1) is 8.40. The molecule has 0 amide bonds. The van der Waals surface area contributed by atoms with Gasteiger partial charge < -0.3 is 0 Å². The van der Waals surface area contributed by atoms with Crippen molar-refractivity contribution in [3.63, 3.8) is 0 Å².